The molecule has 0 bridgehead atoms. The van der Waals surface area contributed by atoms with Crippen LogP contribution < -0.4 is 3.07 Å². The van der Waals surface area contributed by atoms with E-state index in [1.165, 1.54) is 0 Å². The van der Waals surface area contributed by atoms with Crippen LogP contribution in [0.3, 0.4) is 0 Å². The van der Waals surface area contributed by atoms with Crippen molar-refractivity contribution in [2.45, 2.75) is 3.93 Å². The number of nitrogens with zero attached hydrogens (tertiary/aromatic N) is 1. The average molecular weight is 417 g/mol. The summed E-state index contributed by atoms with van der Waals surface area (Å²) in [5.41, 5.74) is 0. The molecule has 0 aromatic heterocycles. The molecule has 4 heteroatoms. The van der Waals surface area contributed by atoms with Crippen molar-refractivity contribution in [3.63, 3.8) is 0 Å². The molecule has 1 aromatic carbocycles. The Morgan fingerprint density at radius 1 is 1.42 bits per heavy atom. The maximum absolute atomic E-state index is 13.8. The molecular formula is C8H7BrFHgN. The average Bonchev–Trinajstić information content (AvgIpc) is 2.06. The molecule has 0 aliphatic carbocycles. The van der Waals surface area contributed by atoms with E-state index in [0.717, 1.165) is 0 Å². The van der Waals surface area contributed by atoms with Gasteiger partial charge < -0.3 is 0 Å². The fourth-order valence-corrected chi connectivity index (χ4v) is 11.9. The Balaban J connectivity index is 2.91. The van der Waals surface area contributed by atoms with Gasteiger partial charge in [-0.25, -0.2) is 0 Å². The monoisotopic (exact) mass is 417 g/mol. The summed E-state index contributed by atoms with van der Waals surface area (Å²) in [6.45, 7) is 0. The number of rotatable bonds is 2. The van der Waals surface area contributed by atoms with E-state index in [4.69, 9.17) is 5.26 Å². The van der Waals surface area contributed by atoms with Gasteiger partial charge in [0.1, 0.15) is 0 Å². The van der Waals surface area contributed by atoms with Gasteiger partial charge in [0.05, 0.1) is 0 Å². The summed E-state index contributed by atoms with van der Waals surface area (Å²) in [5.74, 6) is 0. The second-order valence-electron chi connectivity index (χ2n) is 2.89. The Kier molecular flexibility index (Phi) is 3.66. The summed E-state index contributed by atoms with van der Waals surface area (Å²) < 4.78 is 14.5. The molecule has 0 aliphatic rings. The third kappa shape index (κ3) is 2.53. The van der Waals surface area contributed by atoms with E-state index < -0.39 is 19.7 Å². The van der Waals surface area contributed by atoms with Crippen LogP contribution in [0.4, 0.5) is 2.47 Å². The van der Waals surface area contributed by atoms with Crippen LogP contribution in [0.15, 0.2) is 30.3 Å². The van der Waals surface area contributed by atoms with Crippen molar-refractivity contribution >= 4 is 15.0 Å². The Morgan fingerprint density at radius 3 is 2.50 bits per heavy atom. The van der Waals surface area contributed by atoms with Crippen molar-refractivity contribution in [3.05, 3.63) is 30.3 Å². The van der Waals surface area contributed by atoms with Gasteiger partial charge in [-0.3, -0.25) is 0 Å². The van der Waals surface area contributed by atoms with Crippen LogP contribution in [-0.4, -0.2) is 0 Å². The molecule has 0 spiro atoms. The van der Waals surface area contributed by atoms with Crippen LogP contribution in [0.2, 0.25) is 3.93 Å². The second kappa shape index (κ2) is 4.34. The second-order valence-corrected chi connectivity index (χ2v) is 31.4. The Bertz CT molecular complexity index is 294. The zero-order valence-electron chi connectivity index (χ0n) is 6.50. The molecule has 1 nitrogen and oxygen atoms in total. The van der Waals surface area contributed by atoms with E-state index in [1.807, 2.05) is 12.1 Å². The van der Waals surface area contributed by atoms with Crippen LogP contribution in [0, 0.1) is 11.3 Å². The minimum absolute atomic E-state index is 0.0526. The zero-order chi connectivity index (χ0) is 9.03. The molecule has 0 radical (unpaired) electrons. The minimum atomic E-state index is -4.12. The van der Waals surface area contributed by atoms with Gasteiger partial charge in [-0.15, -0.1) is 0 Å². The summed E-state index contributed by atoms with van der Waals surface area (Å²) >= 11 is -1.03. The van der Waals surface area contributed by atoms with Crippen molar-refractivity contribution in [2.75, 3.05) is 0 Å². The van der Waals surface area contributed by atoms with Gasteiger partial charge in [0.2, 0.25) is 0 Å². The zero-order valence-corrected chi connectivity index (χ0v) is 13.6. The topological polar surface area (TPSA) is 23.8 Å². The normalized spacial score (nSPS) is 12.1. The Hall–Kier alpha value is 0.0551. The first-order valence-corrected chi connectivity index (χ1v) is 24.5. The molecule has 1 aromatic rings. The molecule has 0 amide bonds. The molecule has 0 heterocycles. The van der Waals surface area contributed by atoms with E-state index in [9.17, 15) is 2.47 Å². The van der Waals surface area contributed by atoms with Gasteiger partial charge in [-0.2, -0.15) is 0 Å². The number of benzene rings is 1. The summed E-state index contributed by atoms with van der Waals surface area (Å²) in [7, 11) is 0. The molecule has 0 saturated heterocycles. The molecule has 0 aliphatic heterocycles. The number of hydrogen-bond acceptors (Lipinski definition) is 1. The van der Waals surface area contributed by atoms with E-state index in [0.29, 0.717) is 3.07 Å². The van der Waals surface area contributed by atoms with E-state index in [2.05, 4.69) is 11.9 Å². The van der Waals surface area contributed by atoms with Crippen molar-refractivity contribution in [1.82, 2.24) is 0 Å². The Labute approximate surface area is 82.1 Å². The molecule has 1 unspecified atom stereocenters. The summed E-state index contributed by atoms with van der Waals surface area (Å²) in [5, 5.41) is 8.40. The predicted octanol–water partition coefficient (Wildman–Crippen LogP) is 2.60. The first kappa shape index (κ1) is 10.1. The van der Waals surface area contributed by atoms with Crippen molar-refractivity contribution in [1.29, 1.82) is 5.26 Å². The third-order valence-corrected chi connectivity index (χ3v) is 20.8. The predicted molar refractivity (Wildman–Crippen MR) is 46.5 cm³/mol. The van der Waals surface area contributed by atoms with Gasteiger partial charge in [-0.05, 0) is 0 Å². The van der Waals surface area contributed by atoms with E-state index >= 15 is 0 Å². The number of hydrogen-bond donors (Lipinski definition) is 0. The summed E-state index contributed by atoms with van der Waals surface area (Å²) in [6.07, 6.45) is 0. The fraction of sp³-hybridized carbons (Fsp3) is 0.125. The molecule has 0 N–H and O–H groups in total. The van der Waals surface area contributed by atoms with Crippen molar-refractivity contribution in [2.24, 2.45) is 0 Å². The van der Waals surface area contributed by atoms with Crippen LogP contribution in [0.25, 0.3) is 0 Å². The Morgan fingerprint density at radius 2 is 2.00 bits per heavy atom. The number of halogens is 2. The summed E-state index contributed by atoms with van der Waals surface area (Å²) in [4.78, 5) is 0. The summed E-state index contributed by atoms with van der Waals surface area (Å²) in [6, 6.07) is 10.8. The molecule has 0 fully saturated rings. The van der Waals surface area contributed by atoms with Gasteiger partial charge in [-0.1, -0.05) is 0 Å². The van der Waals surface area contributed by atoms with Crippen LogP contribution in [0.1, 0.15) is 0 Å². The first-order valence-electron chi connectivity index (χ1n) is 3.88. The molecular weight excluding hydrogens is 410 g/mol. The molecule has 0 saturated carbocycles. The van der Waals surface area contributed by atoms with Gasteiger partial charge >= 0.3 is 82.7 Å². The van der Waals surface area contributed by atoms with Crippen LogP contribution in [-0.2, 0) is 19.7 Å². The molecule has 1 rings (SSSR count). The van der Waals surface area contributed by atoms with Gasteiger partial charge in [0.15, 0.2) is 0 Å². The van der Waals surface area contributed by atoms with Crippen LogP contribution in [0.5, 0.6) is 0 Å². The van der Waals surface area contributed by atoms with Crippen molar-refractivity contribution in [3.8, 4) is 6.07 Å². The fourth-order valence-electron chi connectivity index (χ4n) is 1.11. The quantitative estimate of drug-likeness (QED) is 0.680. The number of nitriles is 1. The molecule has 1 atom stereocenters. The molecule has 60 valence electrons. The van der Waals surface area contributed by atoms with Gasteiger partial charge in [0, 0.05) is 0 Å². The SMILES string of the molecule is N#C[CH2][Hg]([F])([Br])[c]1ccccc1. The standard InChI is InChI=1S/C6H5.C2H2N.BrH.FH.Hg/c1-2-4-6-5-3-1;1-2-3;;;/h1-5H;1H2;2*1H;/q;;;;+2/p-2. The van der Waals surface area contributed by atoms with Gasteiger partial charge in [0.25, 0.3) is 0 Å². The maximum atomic E-state index is 13.8. The van der Waals surface area contributed by atoms with E-state index in [-0.39, 0.29) is 3.93 Å². The van der Waals surface area contributed by atoms with E-state index in [1.54, 1.807) is 24.3 Å². The van der Waals surface area contributed by atoms with Crippen molar-refractivity contribution < 1.29 is 22.2 Å². The van der Waals surface area contributed by atoms with Crippen LogP contribution >= 0.6 is 11.9 Å². The third-order valence-electron chi connectivity index (χ3n) is 1.87. The molecule has 12 heavy (non-hydrogen) atoms. The first-order chi connectivity index (χ1) is 5.67.